The Hall–Kier alpha value is -2.14. The summed E-state index contributed by atoms with van der Waals surface area (Å²) in [5.74, 6) is 0.0875. The maximum atomic E-state index is 13.7. The van der Waals surface area contributed by atoms with Gasteiger partial charge in [-0.25, -0.2) is 9.37 Å². The molecule has 23 heavy (non-hydrogen) atoms. The summed E-state index contributed by atoms with van der Waals surface area (Å²) in [4.78, 5) is 16.3. The lowest BCUT2D eigenvalue weighted by Gasteiger charge is -2.10. The quantitative estimate of drug-likeness (QED) is 0.812. The summed E-state index contributed by atoms with van der Waals surface area (Å²) in [6.07, 6.45) is 2.57. The molecule has 1 aromatic carbocycles. The molecule has 2 aromatic rings. The van der Waals surface area contributed by atoms with Gasteiger partial charge in [-0.1, -0.05) is 31.5 Å². The van der Waals surface area contributed by atoms with Gasteiger partial charge in [-0.05, 0) is 36.6 Å². The second-order valence-electron chi connectivity index (χ2n) is 5.59. The molecule has 1 aromatic heterocycles. The second-order valence-corrected chi connectivity index (χ2v) is 6.00. The lowest BCUT2D eigenvalue weighted by Crippen LogP contribution is -2.14. The van der Waals surface area contributed by atoms with E-state index in [1.807, 2.05) is 0 Å². The molecule has 0 aliphatic heterocycles. The van der Waals surface area contributed by atoms with E-state index in [0.717, 1.165) is 18.8 Å². The van der Waals surface area contributed by atoms with E-state index in [1.165, 1.54) is 24.4 Å². The van der Waals surface area contributed by atoms with Crippen molar-refractivity contribution in [2.45, 2.75) is 20.3 Å². The van der Waals surface area contributed by atoms with Gasteiger partial charge in [0.2, 0.25) is 0 Å². The number of nitrogens with zero attached hydrogens (tertiary/aromatic N) is 1. The molecule has 0 saturated heterocycles. The zero-order valence-electron chi connectivity index (χ0n) is 13.1. The predicted molar refractivity (Wildman–Crippen MR) is 91.5 cm³/mol. The molecule has 1 amide bonds. The average molecular weight is 336 g/mol. The summed E-state index contributed by atoms with van der Waals surface area (Å²) >= 11 is 5.87. The van der Waals surface area contributed by atoms with Gasteiger partial charge in [-0.2, -0.15) is 0 Å². The highest BCUT2D eigenvalue weighted by Crippen LogP contribution is 2.20. The maximum absolute atomic E-state index is 13.7. The second kappa shape index (κ2) is 7.92. The first-order valence-corrected chi connectivity index (χ1v) is 7.80. The van der Waals surface area contributed by atoms with Crippen LogP contribution in [0, 0.1) is 11.7 Å². The van der Waals surface area contributed by atoms with Crippen LogP contribution in [0.5, 0.6) is 0 Å². The van der Waals surface area contributed by atoms with Crippen LogP contribution in [0.15, 0.2) is 36.5 Å². The first-order valence-electron chi connectivity index (χ1n) is 7.42. The number of rotatable bonds is 6. The number of carbonyl (C=O) groups excluding carboxylic acids is 1. The van der Waals surface area contributed by atoms with Crippen LogP contribution in [0.2, 0.25) is 5.02 Å². The van der Waals surface area contributed by atoms with Crippen LogP contribution in [0.4, 0.5) is 15.9 Å². The zero-order chi connectivity index (χ0) is 16.8. The van der Waals surface area contributed by atoms with Gasteiger partial charge >= 0.3 is 0 Å². The van der Waals surface area contributed by atoms with Crippen molar-refractivity contribution in [1.29, 1.82) is 0 Å². The van der Waals surface area contributed by atoms with Crippen LogP contribution in [-0.2, 0) is 0 Å². The summed E-state index contributed by atoms with van der Waals surface area (Å²) in [6.45, 7) is 5.14. The number of amides is 1. The molecule has 6 heteroatoms. The van der Waals surface area contributed by atoms with Crippen molar-refractivity contribution >= 4 is 29.0 Å². The Morgan fingerprint density at radius 3 is 2.70 bits per heavy atom. The van der Waals surface area contributed by atoms with Gasteiger partial charge in [-0.15, -0.1) is 0 Å². The van der Waals surface area contributed by atoms with E-state index in [9.17, 15) is 9.18 Å². The summed E-state index contributed by atoms with van der Waals surface area (Å²) in [5.41, 5.74) is 0.303. The molecule has 122 valence electrons. The summed E-state index contributed by atoms with van der Waals surface area (Å²) in [7, 11) is 0. The third-order valence-electron chi connectivity index (χ3n) is 3.24. The van der Waals surface area contributed by atoms with E-state index in [2.05, 4.69) is 29.5 Å². The molecule has 0 aliphatic rings. The fraction of sp³-hybridized carbons (Fsp3) is 0.294. The Bertz CT molecular complexity index is 654. The molecule has 0 unspecified atom stereocenters. The normalized spacial score (nSPS) is 10.7. The van der Waals surface area contributed by atoms with Crippen molar-refractivity contribution in [2.24, 2.45) is 5.92 Å². The number of aromatic nitrogens is 1. The van der Waals surface area contributed by atoms with E-state index in [1.54, 1.807) is 12.1 Å². The van der Waals surface area contributed by atoms with E-state index >= 15 is 0 Å². The SMILES string of the molecule is CC(C)CCNc1ccc(NC(=O)c2c(F)cccc2Cl)cn1. The number of nitrogens with one attached hydrogen (secondary N) is 2. The highest BCUT2D eigenvalue weighted by Gasteiger charge is 2.15. The van der Waals surface area contributed by atoms with Gasteiger partial charge in [0.15, 0.2) is 0 Å². The molecule has 0 bridgehead atoms. The van der Waals surface area contributed by atoms with Crippen molar-refractivity contribution in [3.05, 3.63) is 52.9 Å². The van der Waals surface area contributed by atoms with Crippen LogP contribution in [0.1, 0.15) is 30.6 Å². The number of benzene rings is 1. The van der Waals surface area contributed by atoms with E-state index in [4.69, 9.17) is 11.6 Å². The van der Waals surface area contributed by atoms with Gasteiger partial charge < -0.3 is 10.6 Å². The largest absolute Gasteiger partial charge is 0.370 e. The molecule has 0 saturated carbocycles. The molecule has 0 atom stereocenters. The monoisotopic (exact) mass is 335 g/mol. The molecule has 0 fully saturated rings. The van der Waals surface area contributed by atoms with Crippen LogP contribution in [0.25, 0.3) is 0 Å². The molecule has 0 radical (unpaired) electrons. The number of anilines is 2. The molecule has 4 nitrogen and oxygen atoms in total. The smallest absolute Gasteiger partial charge is 0.260 e. The topological polar surface area (TPSA) is 54.0 Å². The lowest BCUT2D eigenvalue weighted by atomic mass is 10.1. The van der Waals surface area contributed by atoms with E-state index in [-0.39, 0.29) is 10.6 Å². The first kappa shape index (κ1) is 17.2. The van der Waals surface area contributed by atoms with Crippen LogP contribution in [-0.4, -0.2) is 17.4 Å². The van der Waals surface area contributed by atoms with Crippen molar-refractivity contribution in [2.75, 3.05) is 17.2 Å². The minimum atomic E-state index is -0.657. The fourth-order valence-electron chi connectivity index (χ4n) is 1.97. The molecular weight excluding hydrogens is 317 g/mol. The zero-order valence-corrected chi connectivity index (χ0v) is 13.8. The predicted octanol–water partition coefficient (Wildman–Crippen LogP) is 4.58. The van der Waals surface area contributed by atoms with Gasteiger partial charge in [0.05, 0.1) is 22.5 Å². The third kappa shape index (κ3) is 4.93. The number of pyridine rings is 1. The van der Waals surface area contributed by atoms with Gasteiger partial charge in [0.25, 0.3) is 5.91 Å². The van der Waals surface area contributed by atoms with Crippen molar-refractivity contribution < 1.29 is 9.18 Å². The van der Waals surface area contributed by atoms with E-state index in [0.29, 0.717) is 11.6 Å². The Balaban J connectivity index is 1.99. The fourth-order valence-corrected chi connectivity index (χ4v) is 2.22. The summed E-state index contributed by atoms with van der Waals surface area (Å²) in [5, 5.41) is 5.86. The minimum Gasteiger partial charge on any atom is -0.370 e. The average Bonchev–Trinajstić information content (AvgIpc) is 2.48. The molecule has 2 N–H and O–H groups in total. The molecule has 0 aliphatic carbocycles. The molecule has 0 spiro atoms. The lowest BCUT2D eigenvalue weighted by molar-refractivity contribution is 0.102. The Morgan fingerprint density at radius 1 is 1.30 bits per heavy atom. The van der Waals surface area contributed by atoms with Crippen LogP contribution in [0.3, 0.4) is 0 Å². The van der Waals surface area contributed by atoms with Crippen LogP contribution < -0.4 is 10.6 Å². The Kier molecular flexibility index (Phi) is 5.93. The van der Waals surface area contributed by atoms with Crippen molar-refractivity contribution in [1.82, 2.24) is 4.98 Å². The first-order chi connectivity index (χ1) is 11.0. The summed E-state index contributed by atoms with van der Waals surface area (Å²) in [6, 6.07) is 7.59. The number of hydrogen-bond acceptors (Lipinski definition) is 3. The third-order valence-corrected chi connectivity index (χ3v) is 3.55. The highest BCUT2D eigenvalue weighted by atomic mass is 35.5. The number of halogens is 2. The van der Waals surface area contributed by atoms with Crippen LogP contribution >= 0.6 is 11.6 Å². The Labute approximate surface area is 140 Å². The minimum absolute atomic E-state index is 0.0717. The number of hydrogen-bond donors (Lipinski definition) is 2. The number of carbonyl (C=O) groups is 1. The van der Waals surface area contributed by atoms with Gasteiger partial charge in [0.1, 0.15) is 11.6 Å². The standard InChI is InChI=1S/C17H19ClFN3O/c1-11(2)8-9-20-15-7-6-12(10-21-15)22-17(23)16-13(18)4-3-5-14(16)19/h3-7,10-11H,8-9H2,1-2H3,(H,20,21)(H,22,23). The van der Waals surface area contributed by atoms with E-state index < -0.39 is 11.7 Å². The van der Waals surface area contributed by atoms with Gasteiger partial charge in [-0.3, -0.25) is 4.79 Å². The molecule has 1 heterocycles. The molecule has 2 rings (SSSR count). The Morgan fingerprint density at radius 2 is 2.09 bits per heavy atom. The summed E-state index contributed by atoms with van der Waals surface area (Å²) < 4.78 is 13.7. The maximum Gasteiger partial charge on any atom is 0.260 e. The molecular formula is C17H19ClFN3O. The van der Waals surface area contributed by atoms with Crippen molar-refractivity contribution in [3.63, 3.8) is 0 Å². The van der Waals surface area contributed by atoms with Gasteiger partial charge in [0, 0.05) is 6.54 Å². The van der Waals surface area contributed by atoms with Crippen molar-refractivity contribution in [3.8, 4) is 0 Å². The highest BCUT2D eigenvalue weighted by molar-refractivity contribution is 6.34.